The highest BCUT2D eigenvalue weighted by Gasteiger charge is 2.32. The molecule has 2 aromatic rings. The van der Waals surface area contributed by atoms with Crippen LogP contribution in [-0.4, -0.2) is 34.9 Å². The average molecular weight is 283 g/mol. The molecule has 1 amide bonds. The number of para-hydroxylation sites is 1. The van der Waals surface area contributed by atoms with Crippen molar-refractivity contribution in [2.24, 2.45) is 0 Å². The van der Waals surface area contributed by atoms with E-state index in [0.29, 0.717) is 6.04 Å². The summed E-state index contributed by atoms with van der Waals surface area (Å²) in [4.78, 5) is 19.5. The van der Waals surface area contributed by atoms with Crippen molar-refractivity contribution in [2.45, 2.75) is 32.7 Å². The van der Waals surface area contributed by atoms with Crippen molar-refractivity contribution >= 4 is 22.6 Å². The number of carbonyl (C=O) groups excluding carboxylic acids is 1. The van der Waals surface area contributed by atoms with Crippen molar-refractivity contribution in [2.75, 3.05) is 18.4 Å². The maximum atomic E-state index is 12.9. The lowest BCUT2D eigenvalue weighted by Crippen LogP contribution is -2.33. The zero-order valence-electron chi connectivity index (χ0n) is 12.6. The van der Waals surface area contributed by atoms with Crippen LogP contribution >= 0.6 is 0 Å². The maximum Gasteiger partial charge on any atom is 0.254 e. The summed E-state index contributed by atoms with van der Waals surface area (Å²) in [7, 11) is 0. The molecule has 1 aliphatic rings. The molecule has 1 aliphatic carbocycles. The molecule has 1 fully saturated rings. The van der Waals surface area contributed by atoms with E-state index in [4.69, 9.17) is 0 Å². The Bertz CT molecular complexity index is 664. The van der Waals surface area contributed by atoms with Gasteiger partial charge in [-0.3, -0.25) is 4.79 Å². The van der Waals surface area contributed by atoms with Crippen LogP contribution in [0, 0.1) is 0 Å². The van der Waals surface area contributed by atoms with Crippen LogP contribution in [-0.2, 0) is 0 Å². The Morgan fingerprint density at radius 1 is 1.33 bits per heavy atom. The predicted molar refractivity (Wildman–Crippen MR) is 85.6 cm³/mol. The van der Waals surface area contributed by atoms with Gasteiger partial charge in [-0.1, -0.05) is 18.2 Å². The predicted octanol–water partition coefficient (Wildman–Crippen LogP) is 3.29. The molecule has 0 spiro atoms. The van der Waals surface area contributed by atoms with Crippen LogP contribution < -0.4 is 5.32 Å². The third-order valence-corrected chi connectivity index (χ3v) is 3.89. The topological polar surface area (TPSA) is 45.2 Å². The largest absolute Gasteiger partial charge is 0.370 e. The molecular formula is C17H21N3O. The highest BCUT2D eigenvalue weighted by Crippen LogP contribution is 2.30. The van der Waals surface area contributed by atoms with Crippen LogP contribution in [0.3, 0.4) is 0 Å². The number of fused-ring (bicyclic) bond motifs is 1. The number of amides is 1. The smallest absolute Gasteiger partial charge is 0.254 e. The molecule has 110 valence electrons. The Hall–Kier alpha value is -2.10. The third-order valence-electron chi connectivity index (χ3n) is 3.89. The quantitative estimate of drug-likeness (QED) is 0.916. The van der Waals surface area contributed by atoms with Gasteiger partial charge in [0.2, 0.25) is 0 Å². The van der Waals surface area contributed by atoms with E-state index in [2.05, 4.69) is 10.3 Å². The lowest BCUT2D eigenvalue weighted by molar-refractivity contribution is 0.0754. The molecule has 1 aromatic heterocycles. The first-order valence-electron chi connectivity index (χ1n) is 7.69. The molecule has 0 bridgehead atoms. The molecule has 1 aromatic carbocycles. The van der Waals surface area contributed by atoms with Gasteiger partial charge in [-0.25, -0.2) is 4.98 Å². The van der Waals surface area contributed by atoms with Gasteiger partial charge in [0, 0.05) is 24.5 Å². The van der Waals surface area contributed by atoms with Gasteiger partial charge >= 0.3 is 0 Å². The summed E-state index contributed by atoms with van der Waals surface area (Å²) in [6, 6.07) is 10.2. The number of nitrogens with zero attached hydrogens (tertiary/aromatic N) is 2. The van der Waals surface area contributed by atoms with Crippen LogP contribution in [0.2, 0.25) is 0 Å². The minimum absolute atomic E-state index is 0.123. The van der Waals surface area contributed by atoms with E-state index < -0.39 is 0 Å². The molecule has 0 atom stereocenters. The second kappa shape index (κ2) is 5.72. The summed E-state index contributed by atoms with van der Waals surface area (Å²) < 4.78 is 0. The lowest BCUT2D eigenvalue weighted by Gasteiger charge is -2.21. The van der Waals surface area contributed by atoms with Crippen molar-refractivity contribution in [1.29, 1.82) is 0 Å². The Morgan fingerprint density at radius 2 is 2.10 bits per heavy atom. The average Bonchev–Trinajstić information content (AvgIpc) is 3.32. The van der Waals surface area contributed by atoms with E-state index in [1.54, 1.807) is 0 Å². The van der Waals surface area contributed by atoms with Crippen molar-refractivity contribution in [3.05, 3.63) is 35.9 Å². The molecular weight excluding hydrogens is 262 g/mol. The summed E-state index contributed by atoms with van der Waals surface area (Å²) in [5.41, 5.74) is 1.62. The van der Waals surface area contributed by atoms with Crippen LogP contribution in [0.4, 0.5) is 5.82 Å². The molecule has 1 heterocycles. The van der Waals surface area contributed by atoms with E-state index in [0.717, 1.165) is 48.2 Å². The van der Waals surface area contributed by atoms with Gasteiger partial charge in [-0.2, -0.15) is 0 Å². The molecule has 0 saturated heterocycles. The summed E-state index contributed by atoms with van der Waals surface area (Å²) in [5.74, 6) is 0.893. The minimum atomic E-state index is 0.123. The van der Waals surface area contributed by atoms with E-state index in [-0.39, 0.29) is 5.91 Å². The number of anilines is 1. The standard InChI is InChI=1S/C17H21N3O/c1-3-18-16-11-14(13-7-5-6-8-15(13)19-16)17(21)20(4-2)12-9-10-12/h5-8,11-12H,3-4,9-10H2,1-2H3,(H,18,19). The Kier molecular flexibility index (Phi) is 3.78. The number of aromatic nitrogens is 1. The molecule has 3 rings (SSSR count). The molecule has 1 N–H and O–H groups in total. The van der Waals surface area contributed by atoms with Gasteiger partial charge in [0.1, 0.15) is 5.82 Å². The summed E-state index contributed by atoms with van der Waals surface area (Å²) in [5, 5.41) is 4.15. The Balaban J connectivity index is 2.08. The van der Waals surface area contributed by atoms with Gasteiger partial charge in [0.25, 0.3) is 5.91 Å². The molecule has 4 heteroatoms. The Labute approximate surface area is 125 Å². The molecule has 1 saturated carbocycles. The van der Waals surface area contributed by atoms with E-state index >= 15 is 0 Å². The first kappa shape index (κ1) is 13.9. The summed E-state index contributed by atoms with van der Waals surface area (Å²) in [6.45, 7) is 5.63. The van der Waals surface area contributed by atoms with Crippen molar-refractivity contribution in [3.8, 4) is 0 Å². The number of pyridine rings is 1. The fraction of sp³-hybridized carbons (Fsp3) is 0.412. The molecule has 4 nitrogen and oxygen atoms in total. The first-order valence-corrected chi connectivity index (χ1v) is 7.69. The zero-order chi connectivity index (χ0) is 14.8. The van der Waals surface area contributed by atoms with Crippen LogP contribution in [0.5, 0.6) is 0 Å². The first-order chi connectivity index (χ1) is 10.2. The minimum Gasteiger partial charge on any atom is -0.370 e. The number of carbonyl (C=O) groups is 1. The van der Waals surface area contributed by atoms with Crippen LogP contribution in [0.15, 0.2) is 30.3 Å². The number of hydrogen-bond donors (Lipinski definition) is 1. The van der Waals surface area contributed by atoms with Crippen LogP contribution in [0.25, 0.3) is 10.9 Å². The van der Waals surface area contributed by atoms with E-state index in [1.165, 1.54) is 0 Å². The fourth-order valence-electron chi connectivity index (χ4n) is 2.73. The van der Waals surface area contributed by atoms with Gasteiger partial charge in [0.15, 0.2) is 0 Å². The summed E-state index contributed by atoms with van der Waals surface area (Å²) >= 11 is 0. The SMILES string of the molecule is CCNc1cc(C(=O)N(CC)C2CC2)c2ccccc2n1. The van der Waals surface area contributed by atoms with Gasteiger partial charge in [-0.15, -0.1) is 0 Å². The molecule has 0 aliphatic heterocycles. The second-order valence-corrected chi connectivity index (χ2v) is 5.42. The highest BCUT2D eigenvalue weighted by molar-refractivity contribution is 6.07. The molecule has 0 unspecified atom stereocenters. The number of rotatable bonds is 5. The monoisotopic (exact) mass is 283 g/mol. The molecule has 21 heavy (non-hydrogen) atoms. The van der Waals surface area contributed by atoms with Gasteiger partial charge < -0.3 is 10.2 Å². The van der Waals surface area contributed by atoms with E-state index in [1.807, 2.05) is 49.1 Å². The zero-order valence-corrected chi connectivity index (χ0v) is 12.6. The van der Waals surface area contributed by atoms with Gasteiger partial charge in [0.05, 0.1) is 11.1 Å². The lowest BCUT2D eigenvalue weighted by atomic mass is 10.1. The normalized spacial score (nSPS) is 14.2. The number of nitrogens with one attached hydrogen (secondary N) is 1. The third kappa shape index (κ3) is 2.71. The van der Waals surface area contributed by atoms with Crippen molar-refractivity contribution in [3.63, 3.8) is 0 Å². The van der Waals surface area contributed by atoms with Crippen molar-refractivity contribution in [1.82, 2.24) is 9.88 Å². The second-order valence-electron chi connectivity index (χ2n) is 5.42. The fourth-order valence-corrected chi connectivity index (χ4v) is 2.73. The highest BCUT2D eigenvalue weighted by atomic mass is 16.2. The summed E-state index contributed by atoms with van der Waals surface area (Å²) in [6.07, 6.45) is 2.26. The molecule has 0 radical (unpaired) electrons. The maximum absolute atomic E-state index is 12.9. The van der Waals surface area contributed by atoms with Crippen LogP contribution in [0.1, 0.15) is 37.0 Å². The van der Waals surface area contributed by atoms with Gasteiger partial charge in [-0.05, 0) is 38.8 Å². The van der Waals surface area contributed by atoms with E-state index in [9.17, 15) is 4.79 Å². The Morgan fingerprint density at radius 3 is 2.76 bits per heavy atom. The number of benzene rings is 1. The number of hydrogen-bond acceptors (Lipinski definition) is 3. The van der Waals surface area contributed by atoms with Crippen molar-refractivity contribution < 1.29 is 4.79 Å².